The lowest BCUT2D eigenvalue weighted by Crippen LogP contribution is -1.98. The third-order valence-electron chi connectivity index (χ3n) is 5.68. The largest absolute Gasteiger partial charge is 0.425 e. The molecule has 0 N–H and O–H groups in total. The zero-order valence-corrected chi connectivity index (χ0v) is 17.2. The summed E-state index contributed by atoms with van der Waals surface area (Å²) >= 11 is 0. The first kappa shape index (κ1) is 18.3. The predicted molar refractivity (Wildman–Crippen MR) is 114 cm³/mol. The van der Waals surface area contributed by atoms with E-state index in [0.717, 1.165) is 33.2 Å². The van der Waals surface area contributed by atoms with Gasteiger partial charge in [0.25, 0.3) is 0 Å². The number of benzene rings is 2. The van der Waals surface area contributed by atoms with Gasteiger partial charge in [-0.1, -0.05) is 18.2 Å². The van der Waals surface area contributed by atoms with E-state index in [4.69, 9.17) is 8.83 Å². The summed E-state index contributed by atoms with van der Waals surface area (Å²) in [4.78, 5) is 12.2. The third kappa shape index (κ3) is 2.97. The van der Waals surface area contributed by atoms with E-state index in [1.54, 1.807) is 6.07 Å². The monoisotopic (exact) mass is 372 g/mol. The molecule has 0 aliphatic heterocycles. The van der Waals surface area contributed by atoms with E-state index in [1.807, 2.05) is 6.07 Å². The smallest absolute Gasteiger partial charge is 0.339 e. The molecule has 0 radical (unpaired) electrons. The van der Waals surface area contributed by atoms with Crippen LogP contribution in [0.15, 0.2) is 50.0 Å². The highest BCUT2D eigenvalue weighted by atomic mass is 16.5. The summed E-state index contributed by atoms with van der Waals surface area (Å²) in [7, 11) is 0. The number of hydrogen-bond acceptors (Lipinski definition) is 3. The molecule has 4 aromatic rings. The Kier molecular flexibility index (Phi) is 4.26. The average molecular weight is 372 g/mol. The first-order valence-electron chi connectivity index (χ1n) is 9.48. The number of hydrogen-bond donors (Lipinski definition) is 0. The molecule has 0 aliphatic carbocycles. The highest BCUT2D eigenvalue weighted by Gasteiger charge is 2.17. The van der Waals surface area contributed by atoms with Gasteiger partial charge in [0.05, 0.1) is 5.39 Å². The fourth-order valence-electron chi connectivity index (χ4n) is 3.79. The lowest BCUT2D eigenvalue weighted by molar-refractivity contribution is 0.456. The van der Waals surface area contributed by atoms with Crippen LogP contribution in [0, 0.1) is 41.5 Å². The molecule has 28 heavy (non-hydrogen) atoms. The maximum absolute atomic E-state index is 12.2. The molecular formula is C25H24O3. The van der Waals surface area contributed by atoms with Crippen LogP contribution in [0.5, 0.6) is 0 Å². The fraction of sp³-hybridized carbons (Fsp3) is 0.240. The van der Waals surface area contributed by atoms with Crippen molar-refractivity contribution in [2.45, 2.75) is 41.5 Å². The Morgan fingerprint density at radius 1 is 0.536 bits per heavy atom. The van der Waals surface area contributed by atoms with Crippen molar-refractivity contribution in [2.75, 3.05) is 0 Å². The number of furan rings is 1. The molecule has 4 rings (SSSR count). The molecule has 2 aromatic carbocycles. The van der Waals surface area contributed by atoms with Crippen LogP contribution in [0.3, 0.4) is 0 Å². The summed E-state index contributed by atoms with van der Waals surface area (Å²) in [5, 5.41) is 0.818. The minimum absolute atomic E-state index is 0.271. The minimum Gasteiger partial charge on any atom is -0.425 e. The molecule has 3 heteroatoms. The van der Waals surface area contributed by atoms with Gasteiger partial charge in [-0.2, -0.15) is 0 Å². The minimum atomic E-state index is -0.405. The first-order chi connectivity index (χ1) is 13.2. The molecule has 0 spiro atoms. The van der Waals surface area contributed by atoms with Crippen LogP contribution in [-0.2, 0) is 0 Å². The van der Waals surface area contributed by atoms with E-state index in [9.17, 15) is 4.79 Å². The molecule has 0 fully saturated rings. The van der Waals surface area contributed by atoms with Crippen LogP contribution in [-0.4, -0.2) is 0 Å². The van der Waals surface area contributed by atoms with Gasteiger partial charge in [0.2, 0.25) is 0 Å². The Balaban J connectivity index is 2.00. The Labute approximate surface area is 164 Å². The van der Waals surface area contributed by atoms with Gasteiger partial charge in [0.15, 0.2) is 0 Å². The van der Waals surface area contributed by atoms with Gasteiger partial charge < -0.3 is 8.83 Å². The SMILES string of the molecule is Cc1cc(C)c(-c2cc3c(-c4cc(C)c(C)cc4C)cc(=O)oc3o2)cc1C. The second kappa shape index (κ2) is 6.52. The molecule has 0 amide bonds. The van der Waals surface area contributed by atoms with Crippen molar-refractivity contribution in [3.8, 4) is 22.5 Å². The standard InChI is InChI=1S/C25H24O3/c1-13-7-17(5)19(9-15(13)3)21-12-24(26)28-25-22(21)11-23(27-25)20-10-16(4)14(2)8-18(20)6/h7-12H,1-6H3. The zero-order chi connectivity index (χ0) is 20.2. The molecule has 3 nitrogen and oxygen atoms in total. The van der Waals surface area contributed by atoms with Crippen molar-refractivity contribution in [1.82, 2.24) is 0 Å². The lowest BCUT2D eigenvalue weighted by Gasteiger charge is -2.10. The molecule has 2 aromatic heterocycles. The van der Waals surface area contributed by atoms with Crippen molar-refractivity contribution < 1.29 is 8.83 Å². The van der Waals surface area contributed by atoms with Crippen molar-refractivity contribution in [1.29, 1.82) is 0 Å². The summed E-state index contributed by atoms with van der Waals surface area (Å²) in [6.45, 7) is 12.5. The van der Waals surface area contributed by atoms with E-state index in [2.05, 4.69) is 65.8 Å². The molecule has 0 atom stereocenters. The van der Waals surface area contributed by atoms with Crippen molar-refractivity contribution in [3.63, 3.8) is 0 Å². The molecule has 2 heterocycles. The molecule has 0 saturated heterocycles. The van der Waals surface area contributed by atoms with Crippen LogP contribution in [0.25, 0.3) is 33.6 Å². The summed E-state index contributed by atoms with van der Waals surface area (Å²) in [5.41, 5.74) is 9.63. The van der Waals surface area contributed by atoms with Crippen LogP contribution in [0.4, 0.5) is 0 Å². The second-order valence-electron chi connectivity index (χ2n) is 7.79. The summed E-state index contributed by atoms with van der Waals surface area (Å²) < 4.78 is 11.4. The Bertz CT molecular complexity index is 1290. The summed E-state index contributed by atoms with van der Waals surface area (Å²) in [6, 6.07) is 12.1. The van der Waals surface area contributed by atoms with Crippen LogP contribution >= 0.6 is 0 Å². The Morgan fingerprint density at radius 3 is 1.71 bits per heavy atom. The van der Waals surface area contributed by atoms with Gasteiger partial charge in [-0.15, -0.1) is 0 Å². The Morgan fingerprint density at radius 2 is 1.07 bits per heavy atom. The lowest BCUT2D eigenvalue weighted by atomic mass is 9.94. The topological polar surface area (TPSA) is 43.4 Å². The van der Waals surface area contributed by atoms with Gasteiger partial charge in [-0.05, 0) is 92.6 Å². The maximum Gasteiger partial charge on any atom is 0.339 e. The normalized spacial score (nSPS) is 11.4. The number of fused-ring (bicyclic) bond motifs is 1. The van der Waals surface area contributed by atoms with Gasteiger partial charge in [0, 0.05) is 17.2 Å². The van der Waals surface area contributed by atoms with Gasteiger partial charge in [-0.3, -0.25) is 0 Å². The van der Waals surface area contributed by atoms with Crippen LogP contribution < -0.4 is 5.63 Å². The highest BCUT2D eigenvalue weighted by Crippen LogP contribution is 2.37. The quantitative estimate of drug-likeness (QED) is 0.400. The summed E-state index contributed by atoms with van der Waals surface area (Å²) in [5.74, 6) is 0.987. The van der Waals surface area contributed by atoms with E-state index in [-0.39, 0.29) is 5.78 Å². The summed E-state index contributed by atoms with van der Waals surface area (Å²) in [6.07, 6.45) is 0. The molecule has 0 saturated carbocycles. The van der Waals surface area contributed by atoms with E-state index >= 15 is 0 Å². The first-order valence-corrected chi connectivity index (χ1v) is 9.48. The Hall–Kier alpha value is -3.07. The molecule has 0 unspecified atom stereocenters. The van der Waals surface area contributed by atoms with Gasteiger partial charge in [0.1, 0.15) is 5.76 Å². The molecule has 142 valence electrons. The van der Waals surface area contributed by atoms with Crippen LogP contribution in [0.2, 0.25) is 0 Å². The van der Waals surface area contributed by atoms with Gasteiger partial charge >= 0.3 is 11.4 Å². The molecule has 0 bridgehead atoms. The molecular weight excluding hydrogens is 348 g/mol. The predicted octanol–water partition coefficient (Wildman–Crippen LogP) is 6.57. The zero-order valence-electron chi connectivity index (χ0n) is 17.2. The van der Waals surface area contributed by atoms with Crippen molar-refractivity contribution in [3.05, 3.63) is 80.2 Å². The number of aryl methyl sites for hydroxylation is 6. The molecule has 0 aliphatic rings. The van der Waals surface area contributed by atoms with Crippen LogP contribution in [0.1, 0.15) is 33.4 Å². The van der Waals surface area contributed by atoms with E-state index < -0.39 is 5.63 Å². The van der Waals surface area contributed by atoms with E-state index in [1.165, 1.54) is 22.3 Å². The fourth-order valence-corrected chi connectivity index (χ4v) is 3.79. The van der Waals surface area contributed by atoms with Crippen molar-refractivity contribution >= 4 is 11.2 Å². The van der Waals surface area contributed by atoms with E-state index in [0.29, 0.717) is 5.76 Å². The second-order valence-corrected chi connectivity index (χ2v) is 7.79. The third-order valence-corrected chi connectivity index (χ3v) is 5.68. The van der Waals surface area contributed by atoms with Crippen molar-refractivity contribution in [2.24, 2.45) is 0 Å². The average Bonchev–Trinajstić information content (AvgIpc) is 3.04. The highest BCUT2D eigenvalue weighted by molar-refractivity contribution is 5.94. The number of rotatable bonds is 2. The van der Waals surface area contributed by atoms with Gasteiger partial charge in [-0.25, -0.2) is 4.79 Å². The maximum atomic E-state index is 12.2.